The summed E-state index contributed by atoms with van der Waals surface area (Å²) in [5.74, 6) is -1.30. The molecule has 0 unspecified atom stereocenters. The van der Waals surface area contributed by atoms with E-state index in [0.717, 1.165) is 5.56 Å². The second kappa shape index (κ2) is 7.10. The van der Waals surface area contributed by atoms with Gasteiger partial charge in [0, 0.05) is 31.7 Å². The van der Waals surface area contributed by atoms with Crippen molar-refractivity contribution in [2.75, 3.05) is 6.54 Å². The van der Waals surface area contributed by atoms with Crippen LogP contribution in [0.2, 0.25) is 0 Å². The van der Waals surface area contributed by atoms with E-state index < -0.39 is 11.9 Å². The molecule has 2 heterocycles. The van der Waals surface area contributed by atoms with Crippen LogP contribution in [0.5, 0.6) is 0 Å². The van der Waals surface area contributed by atoms with Gasteiger partial charge in [-0.2, -0.15) is 9.65 Å². The SMILES string of the molecule is N#CCCN(Cc1cccnc1)C(=O)c1cccnc1F. The summed E-state index contributed by atoms with van der Waals surface area (Å²) < 4.78 is 13.6. The number of rotatable bonds is 5. The highest BCUT2D eigenvalue weighted by Crippen LogP contribution is 2.11. The van der Waals surface area contributed by atoms with Crippen LogP contribution in [0.15, 0.2) is 42.9 Å². The van der Waals surface area contributed by atoms with Crippen LogP contribution in [0.3, 0.4) is 0 Å². The number of nitriles is 1. The number of carbonyl (C=O) groups is 1. The Hall–Kier alpha value is -2.81. The van der Waals surface area contributed by atoms with Crippen molar-refractivity contribution in [2.24, 2.45) is 0 Å². The summed E-state index contributed by atoms with van der Waals surface area (Å²) in [7, 11) is 0. The van der Waals surface area contributed by atoms with Crippen LogP contribution < -0.4 is 0 Å². The van der Waals surface area contributed by atoms with Gasteiger partial charge in [-0.15, -0.1) is 0 Å². The van der Waals surface area contributed by atoms with Crippen molar-refractivity contribution >= 4 is 5.91 Å². The minimum Gasteiger partial charge on any atom is -0.333 e. The normalized spacial score (nSPS) is 9.90. The van der Waals surface area contributed by atoms with E-state index in [1.807, 2.05) is 12.1 Å². The molecule has 2 aromatic rings. The number of hydrogen-bond acceptors (Lipinski definition) is 4. The Kier molecular flexibility index (Phi) is 4.94. The van der Waals surface area contributed by atoms with Gasteiger partial charge in [0.1, 0.15) is 0 Å². The van der Waals surface area contributed by atoms with Crippen LogP contribution in [0.1, 0.15) is 22.3 Å². The summed E-state index contributed by atoms with van der Waals surface area (Å²) in [5, 5.41) is 8.70. The van der Waals surface area contributed by atoms with Crippen molar-refractivity contribution in [1.29, 1.82) is 5.26 Å². The average Bonchev–Trinajstić information content (AvgIpc) is 2.52. The Morgan fingerprint density at radius 1 is 1.33 bits per heavy atom. The highest BCUT2D eigenvalue weighted by molar-refractivity contribution is 5.94. The summed E-state index contributed by atoms with van der Waals surface area (Å²) in [6.45, 7) is 0.487. The van der Waals surface area contributed by atoms with Gasteiger partial charge < -0.3 is 4.90 Å². The van der Waals surface area contributed by atoms with Gasteiger partial charge in [-0.1, -0.05) is 6.07 Å². The zero-order valence-corrected chi connectivity index (χ0v) is 11.2. The zero-order chi connectivity index (χ0) is 15.1. The highest BCUT2D eigenvalue weighted by Gasteiger charge is 2.19. The maximum absolute atomic E-state index is 13.6. The third-order valence-corrected chi connectivity index (χ3v) is 2.87. The lowest BCUT2D eigenvalue weighted by molar-refractivity contribution is 0.0741. The molecule has 0 aromatic carbocycles. The molecule has 0 aliphatic carbocycles. The van der Waals surface area contributed by atoms with Crippen LogP contribution >= 0.6 is 0 Å². The van der Waals surface area contributed by atoms with E-state index in [4.69, 9.17) is 5.26 Å². The molecule has 6 heteroatoms. The van der Waals surface area contributed by atoms with Gasteiger partial charge in [-0.05, 0) is 23.8 Å². The molecule has 1 amide bonds. The minimum atomic E-state index is -0.810. The second-order valence-corrected chi connectivity index (χ2v) is 4.34. The maximum atomic E-state index is 13.6. The minimum absolute atomic E-state index is 0.0978. The van der Waals surface area contributed by atoms with Crippen LogP contribution in [-0.2, 0) is 6.54 Å². The number of halogens is 1. The van der Waals surface area contributed by atoms with Crippen LogP contribution in [0.4, 0.5) is 4.39 Å². The molecular weight excluding hydrogens is 271 g/mol. The number of pyridine rings is 2. The summed E-state index contributed by atoms with van der Waals surface area (Å²) in [6.07, 6.45) is 4.72. The summed E-state index contributed by atoms with van der Waals surface area (Å²) in [4.78, 5) is 21.3. The molecule has 2 aromatic heterocycles. The van der Waals surface area contributed by atoms with Crippen molar-refractivity contribution in [1.82, 2.24) is 14.9 Å². The number of amides is 1. The molecule has 0 aliphatic heterocycles. The first-order valence-corrected chi connectivity index (χ1v) is 6.38. The number of carbonyl (C=O) groups excluding carboxylic acids is 1. The molecule has 5 nitrogen and oxygen atoms in total. The van der Waals surface area contributed by atoms with Gasteiger partial charge in [-0.3, -0.25) is 9.78 Å². The van der Waals surface area contributed by atoms with Crippen molar-refractivity contribution in [3.63, 3.8) is 0 Å². The van der Waals surface area contributed by atoms with Crippen molar-refractivity contribution in [2.45, 2.75) is 13.0 Å². The predicted octanol–water partition coefficient (Wildman–Crippen LogP) is 2.17. The molecule has 106 valence electrons. The van der Waals surface area contributed by atoms with Crippen LogP contribution in [0, 0.1) is 17.3 Å². The topological polar surface area (TPSA) is 69.9 Å². The first-order chi connectivity index (χ1) is 10.2. The van der Waals surface area contributed by atoms with Crippen molar-refractivity contribution in [3.05, 3.63) is 59.9 Å². The lowest BCUT2D eigenvalue weighted by Gasteiger charge is -2.21. The van der Waals surface area contributed by atoms with E-state index in [0.29, 0.717) is 0 Å². The van der Waals surface area contributed by atoms with Crippen molar-refractivity contribution < 1.29 is 9.18 Å². The summed E-state index contributed by atoms with van der Waals surface area (Å²) >= 11 is 0. The molecule has 0 atom stereocenters. The molecule has 2 rings (SSSR count). The Morgan fingerprint density at radius 2 is 2.14 bits per heavy atom. The predicted molar refractivity (Wildman–Crippen MR) is 73.4 cm³/mol. The largest absolute Gasteiger partial charge is 0.333 e. The molecule has 0 bridgehead atoms. The molecule has 0 N–H and O–H groups in total. The van der Waals surface area contributed by atoms with Gasteiger partial charge >= 0.3 is 0 Å². The Morgan fingerprint density at radius 3 is 2.81 bits per heavy atom. The number of aromatic nitrogens is 2. The standard InChI is InChI=1S/C15H13FN4O/c16-14-13(5-2-8-19-14)15(21)20(9-3-6-17)11-12-4-1-7-18-10-12/h1-2,4-5,7-8,10H,3,9,11H2. The van der Waals surface area contributed by atoms with E-state index in [2.05, 4.69) is 9.97 Å². The molecular formula is C15H13FN4O. The zero-order valence-electron chi connectivity index (χ0n) is 11.2. The van der Waals surface area contributed by atoms with E-state index in [1.54, 1.807) is 18.5 Å². The maximum Gasteiger partial charge on any atom is 0.258 e. The van der Waals surface area contributed by atoms with E-state index >= 15 is 0 Å². The lowest BCUT2D eigenvalue weighted by atomic mass is 10.2. The Bertz CT molecular complexity index is 654. The summed E-state index contributed by atoms with van der Waals surface area (Å²) in [5.41, 5.74) is 0.715. The van der Waals surface area contributed by atoms with Crippen LogP contribution in [0.25, 0.3) is 0 Å². The fourth-order valence-corrected chi connectivity index (χ4v) is 1.87. The van der Waals surface area contributed by atoms with Crippen LogP contribution in [-0.4, -0.2) is 27.3 Å². The lowest BCUT2D eigenvalue weighted by Crippen LogP contribution is -2.32. The third-order valence-electron chi connectivity index (χ3n) is 2.87. The van der Waals surface area contributed by atoms with E-state index in [9.17, 15) is 9.18 Å². The quantitative estimate of drug-likeness (QED) is 0.789. The summed E-state index contributed by atoms with van der Waals surface area (Å²) in [6, 6.07) is 8.45. The molecule has 0 saturated carbocycles. The molecule has 0 radical (unpaired) electrons. The Labute approximate surface area is 121 Å². The molecule has 0 saturated heterocycles. The van der Waals surface area contributed by atoms with Gasteiger partial charge in [0.05, 0.1) is 18.1 Å². The molecule has 21 heavy (non-hydrogen) atoms. The fraction of sp³-hybridized carbons (Fsp3) is 0.200. The molecule has 0 fully saturated rings. The second-order valence-electron chi connectivity index (χ2n) is 4.34. The molecule has 0 aliphatic rings. The Balaban J connectivity index is 2.21. The van der Waals surface area contributed by atoms with Gasteiger partial charge in [0.2, 0.25) is 5.95 Å². The highest BCUT2D eigenvalue weighted by atomic mass is 19.1. The third kappa shape index (κ3) is 3.83. The monoisotopic (exact) mass is 284 g/mol. The first kappa shape index (κ1) is 14.6. The fourth-order valence-electron chi connectivity index (χ4n) is 1.87. The van der Waals surface area contributed by atoms with Gasteiger partial charge in [0.15, 0.2) is 0 Å². The molecule has 0 spiro atoms. The smallest absolute Gasteiger partial charge is 0.258 e. The van der Waals surface area contributed by atoms with E-state index in [1.165, 1.54) is 23.2 Å². The average molecular weight is 284 g/mol. The van der Waals surface area contributed by atoms with E-state index in [-0.39, 0.29) is 25.1 Å². The van der Waals surface area contributed by atoms with Gasteiger partial charge in [0.25, 0.3) is 5.91 Å². The number of nitrogens with zero attached hydrogens (tertiary/aromatic N) is 4. The van der Waals surface area contributed by atoms with Gasteiger partial charge in [-0.25, -0.2) is 4.98 Å². The first-order valence-electron chi connectivity index (χ1n) is 6.38. The number of hydrogen-bond donors (Lipinski definition) is 0. The van der Waals surface area contributed by atoms with Crippen molar-refractivity contribution in [3.8, 4) is 6.07 Å².